The zero-order valence-corrected chi connectivity index (χ0v) is 9.66. The number of aromatic amines is 1. The Hall–Kier alpha value is -1.79. The quantitative estimate of drug-likeness (QED) is 0.828. The van der Waals surface area contributed by atoms with Gasteiger partial charge in [-0.25, -0.2) is 0 Å². The predicted molar refractivity (Wildman–Crippen MR) is 57.8 cm³/mol. The van der Waals surface area contributed by atoms with E-state index >= 15 is 0 Å². The molecule has 0 aromatic carbocycles. The normalized spacial score (nSPS) is 19.6. The van der Waals surface area contributed by atoms with E-state index in [1.165, 1.54) is 4.90 Å². The van der Waals surface area contributed by atoms with Gasteiger partial charge in [0.2, 0.25) is 0 Å². The van der Waals surface area contributed by atoms with Crippen molar-refractivity contribution in [3.05, 3.63) is 29.6 Å². The van der Waals surface area contributed by atoms with Crippen LogP contribution in [0.5, 0.6) is 0 Å². The van der Waals surface area contributed by atoms with Crippen LogP contribution in [0.2, 0.25) is 0 Å². The van der Waals surface area contributed by atoms with Gasteiger partial charge in [-0.3, -0.25) is 9.89 Å². The van der Waals surface area contributed by atoms with Crippen LogP contribution in [0, 0.1) is 0 Å². The van der Waals surface area contributed by atoms with E-state index in [0.717, 1.165) is 12.5 Å². The summed E-state index contributed by atoms with van der Waals surface area (Å²) in [6.45, 7) is 2.32. The second kappa shape index (κ2) is 4.47. The first-order valence-electron chi connectivity index (χ1n) is 5.53. The first-order valence-corrected chi connectivity index (χ1v) is 5.53. The van der Waals surface area contributed by atoms with Gasteiger partial charge in [-0.2, -0.15) is 18.3 Å². The standard InChI is InChI=1S/C11H12F3N3O/c1-2-7-4-3-5-17(7)10(18)8-6-9(16-15-8)11(12,13)14/h3-4,6-7H,2,5H2,1H3,(H,15,16). The molecule has 1 amide bonds. The molecule has 0 saturated carbocycles. The number of nitrogens with zero attached hydrogens (tertiary/aromatic N) is 2. The highest BCUT2D eigenvalue weighted by atomic mass is 19.4. The van der Waals surface area contributed by atoms with Crippen LogP contribution < -0.4 is 0 Å². The molecule has 1 aliphatic heterocycles. The fraction of sp³-hybridized carbons (Fsp3) is 0.455. The van der Waals surface area contributed by atoms with Crippen molar-refractivity contribution in [3.8, 4) is 0 Å². The van der Waals surface area contributed by atoms with E-state index in [1.54, 1.807) is 0 Å². The molecule has 2 rings (SSSR count). The van der Waals surface area contributed by atoms with Crippen LogP contribution in [0.25, 0.3) is 0 Å². The van der Waals surface area contributed by atoms with Crippen LogP contribution >= 0.6 is 0 Å². The number of hydrogen-bond donors (Lipinski definition) is 1. The summed E-state index contributed by atoms with van der Waals surface area (Å²) >= 11 is 0. The fourth-order valence-electron chi connectivity index (χ4n) is 1.88. The number of hydrogen-bond acceptors (Lipinski definition) is 2. The molecular formula is C11H12F3N3O. The zero-order valence-electron chi connectivity index (χ0n) is 9.66. The number of halogens is 3. The van der Waals surface area contributed by atoms with E-state index in [4.69, 9.17) is 0 Å². The van der Waals surface area contributed by atoms with E-state index in [-0.39, 0.29) is 11.7 Å². The van der Waals surface area contributed by atoms with Crippen molar-refractivity contribution in [3.63, 3.8) is 0 Å². The molecule has 1 aromatic rings. The van der Waals surface area contributed by atoms with Crippen molar-refractivity contribution < 1.29 is 18.0 Å². The summed E-state index contributed by atoms with van der Waals surface area (Å²) < 4.78 is 37.1. The first-order chi connectivity index (χ1) is 8.43. The maximum Gasteiger partial charge on any atom is 0.432 e. The SMILES string of the molecule is CCC1C=CCN1C(=O)c1cc(C(F)(F)F)[nH]n1. The first kappa shape index (κ1) is 12.7. The second-order valence-electron chi connectivity index (χ2n) is 4.03. The van der Waals surface area contributed by atoms with Crippen molar-refractivity contribution in [2.24, 2.45) is 0 Å². The Bertz CT molecular complexity index is 478. The smallest absolute Gasteiger partial charge is 0.327 e. The Labute approximate surface area is 101 Å². The van der Waals surface area contributed by atoms with Crippen LogP contribution in [0.15, 0.2) is 18.2 Å². The summed E-state index contributed by atoms with van der Waals surface area (Å²) in [5.74, 6) is -0.487. The van der Waals surface area contributed by atoms with Crippen molar-refractivity contribution in [2.45, 2.75) is 25.6 Å². The minimum atomic E-state index is -4.51. The third kappa shape index (κ3) is 2.25. The fourth-order valence-corrected chi connectivity index (χ4v) is 1.88. The van der Waals surface area contributed by atoms with E-state index in [0.29, 0.717) is 6.54 Å². The molecule has 98 valence electrons. The number of carbonyl (C=O) groups excluding carboxylic acids is 1. The van der Waals surface area contributed by atoms with Gasteiger partial charge in [0.1, 0.15) is 5.69 Å². The molecule has 1 unspecified atom stereocenters. The highest BCUT2D eigenvalue weighted by molar-refractivity contribution is 5.93. The van der Waals surface area contributed by atoms with Crippen LogP contribution in [0.4, 0.5) is 13.2 Å². The van der Waals surface area contributed by atoms with Gasteiger partial charge >= 0.3 is 6.18 Å². The Kier molecular flexibility index (Phi) is 3.14. The second-order valence-corrected chi connectivity index (χ2v) is 4.03. The summed E-state index contributed by atoms with van der Waals surface area (Å²) in [6, 6.07) is 0.677. The Balaban J connectivity index is 2.17. The number of alkyl halides is 3. The number of amides is 1. The van der Waals surface area contributed by atoms with Crippen LogP contribution in [0.1, 0.15) is 29.5 Å². The molecule has 0 radical (unpaired) electrons. The average molecular weight is 259 g/mol. The molecule has 0 aliphatic carbocycles. The largest absolute Gasteiger partial charge is 0.432 e. The summed E-state index contributed by atoms with van der Waals surface area (Å²) in [7, 11) is 0. The minimum Gasteiger partial charge on any atom is -0.327 e. The van der Waals surface area contributed by atoms with Crippen molar-refractivity contribution in [1.82, 2.24) is 15.1 Å². The average Bonchev–Trinajstić information content (AvgIpc) is 2.96. The number of aromatic nitrogens is 2. The summed E-state index contributed by atoms with van der Waals surface area (Å²) in [5.41, 5.74) is -1.21. The van der Waals surface area contributed by atoms with Gasteiger partial charge in [-0.1, -0.05) is 19.1 Å². The van der Waals surface area contributed by atoms with E-state index < -0.39 is 17.8 Å². The third-order valence-electron chi connectivity index (χ3n) is 2.84. The van der Waals surface area contributed by atoms with Gasteiger partial charge < -0.3 is 4.90 Å². The minimum absolute atomic E-state index is 0.0662. The van der Waals surface area contributed by atoms with Crippen molar-refractivity contribution >= 4 is 5.91 Å². The Morgan fingerprint density at radius 3 is 2.89 bits per heavy atom. The van der Waals surface area contributed by atoms with Gasteiger partial charge in [-0.05, 0) is 6.42 Å². The van der Waals surface area contributed by atoms with Gasteiger partial charge in [0.15, 0.2) is 5.69 Å². The molecule has 7 heteroatoms. The molecule has 0 fully saturated rings. The Morgan fingerprint density at radius 1 is 1.61 bits per heavy atom. The highest BCUT2D eigenvalue weighted by Gasteiger charge is 2.35. The molecule has 1 N–H and O–H groups in total. The van der Waals surface area contributed by atoms with E-state index in [9.17, 15) is 18.0 Å². The number of carbonyl (C=O) groups is 1. The molecule has 2 heterocycles. The summed E-state index contributed by atoms with van der Waals surface area (Å²) in [4.78, 5) is 13.5. The van der Waals surface area contributed by atoms with Gasteiger partial charge in [-0.15, -0.1) is 0 Å². The highest BCUT2D eigenvalue weighted by Crippen LogP contribution is 2.28. The molecule has 0 spiro atoms. The lowest BCUT2D eigenvalue weighted by atomic mass is 10.2. The number of rotatable bonds is 2. The van der Waals surface area contributed by atoms with Crippen molar-refractivity contribution in [2.75, 3.05) is 6.54 Å². The number of H-pyrrole nitrogens is 1. The summed E-state index contributed by atoms with van der Waals surface area (Å²) in [5, 5.41) is 5.27. The van der Waals surface area contributed by atoms with E-state index in [1.807, 2.05) is 24.2 Å². The third-order valence-corrected chi connectivity index (χ3v) is 2.84. The van der Waals surface area contributed by atoms with Gasteiger partial charge in [0.25, 0.3) is 5.91 Å². The monoisotopic (exact) mass is 259 g/mol. The van der Waals surface area contributed by atoms with Gasteiger partial charge in [0, 0.05) is 12.6 Å². The molecule has 18 heavy (non-hydrogen) atoms. The topological polar surface area (TPSA) is 49.0 Å². The zero-order chi connectivity index (χ0) is 13.3. The maximum absolute atomic E-state index is 12.4. The lowest BCUT2D eigenvalue weighted by Crippen LogP contribution is -2.35. The van der Waals surface area contributed by atoms with Gasteiger partial charge in [0.05, 0.1) is 6.04 Å². The molecule has 1 aliphatic rings. The molecule has 1 aromatic heterocycles. The lowest BCUT2D eigenvalue weighted by molar-refractivity contribution is -0.141. The van der Waals surface area contributed by atoms with Crippen LogP contribution in [-0.2, 0) is 6.18 Å². The van der Waals surface area contributed by atoms with E-state index in [2.05, 4.69) is 5.10 Å². The molecule has 1 atom stereocenters. The van der Waals surface area contributed by atoms with Crippen LogP contribution in [0.3, 0.4) is 0 Å². The Morgan fingerprint density at radius 2 is 2.33 bits per heavy atom. The maximum atomic E-state index is 12.4. The van der Waals surface area contributed by atoms with Crippen molar-refractivity contribution in [1.29, 1.82) is 0 Å². The summed E-state index contributed by atoms with van der Waals surface area (Å²) in [6.07, 6.45) is -0.101. The molecule has 4 nitrogen and oxygen atoms in total. The predicted octanol–water partition coefficient (Wildman–Crippen LogP) is 2.22. The van der Waals surface area contributed by atoms with Crippen LogP contribution in [-0.4, -0.2) is 33.6 Å². The molecular weight excluding hydrogens is 247 g/mol. The molecule has 0 bridgehead atoms. The molecule has 0 saturated heterocycles. The lowest BCUT2D eigenvalue weighted by Gasteiger charge is -2.22. The number of nitrogens with one attached hydrogen (secondary N) is 1.